The third-order valence-corrected chi connectivity index (χ3v) is 8.09. The molecule has 1 aromatic carbocycles. The van der Waals surface area contributed by atoms with E-state index in [-0.39, 0.29) is 17.9 Å². The van der Waals surface area contributed by atoms with Gasteiger partial charge in [0.05, 0.1) is 16.8 Å². The molecule has 0 unspecified atom stereocenters. The highest BCUT2D eigenvalue weighted by atomic mass is 35.5. The zero-order valence-corrected chi connectivity index (χ0v) is 19.8. The average molecular weight is 470 g/mol. The molecule has 7 heteroatoms. The summed E-state index contributed by atoms with van der Waals surface area (Å²) in [5.74, 6) is -0.164. The molecule has 3 aromatic rings. The highest BCUT2D eigenvalue weighted by molar-refractivity contribution is 7.17. The Morgan fingerprint density at radius 1 is 1.16 bits per heavy atom. The molecule has 0 bridgehead atoms. The number of aromatic nitrogens is 1. The lowest BCUT2D eigenvalue weighted by atomic mass is 9.93. The van der Waals surface area contributed by atoms with Crippen molar-refractivity contribution in [3.8, 4) is 0 Å². The summed E-state index contributed by atoms with van der Waals surface area (Å²) in [5, 5.41) is 6.00. The number of hydrogen-bond donors (Lipinski definition) is 1. The van der Waals surface area contributed by atoms with Crippen LogP contribution in [0.25, 0.3) is 10.2 Å². The van der Waals surface area contributed by atoms with Gasteiger partial charge >= 0.3 is 0 Å². The average Bonchev–Trinajstić information content (AvgIpc) is 3.27. The number of halogens is 1. The fourth-order valence-electron chi connectivity index (χ4n) is 5.06. The first-order valence-corrected chi connectivity index (χ1v) is 12.7. The van der Waals surface area contributed by atoms with Crippen molar-refractivity contribution in [3.63, 3.8) is 0 Å². The SMILES string of the molecule is C[C@@]1(C(=O)NC2CCCCCC2)Cn2c(cc3sccc32)C(=O)N1Cc1ccc(Cl)cc1. The van der Waals surface area contributed by atoms with Gasteiger partial charge in [-0.1, -0.05) is 49.4 Å². The van der Waals surface area contributed by atoms with Crippen LogP contribution in [0.4, 0.5) is 0 Å². The molecular formula is C25H28ClN3O2S. The lowest BCUT2D eigenvalue weighted by Gasteiger charge is -2.44. The molecule has 168 valence electrons. The van der Waals surface area contributed by atoms with Crippen LogP contribution in [0.5, 0.6) is 0 Å². The van der Waals surface area contributed by atoms with E-state index in [1.165, 1.54) is 12.8 Å². The summed E-state index contributed by atoms with van der Waals surface area (Å²) in [6.07, 6.45) is 6.77. The van der Waals surface area contributed by atoms with Crippen molar-refractivity contribution < 1.29 is 9.59 Å². The number of nitrogens with zero attached hydrogens (tertiary/aromatic N) is 2. The molecule has 1 saturated carbocycles. The van der Waals surface area contributed by atoms with Crippen molar-refractivity contribution in [2.45, 2.75) is 70.1 Å². The molecule has 1 fully saturated rings. The summed E-state index contributed by atoms with van der Waals surface area (Å²) in [6.45, 7) is 2.72. The molecule has 1 aliphatic heterocycles. The molecule has 0 spiro atoms. The van der Waals surface area contributed by atoms with Crippen LogP contribution in [-0.2, 0) is 17.9 Å². The third-order valence-electron chi connectivity index (χ3n) is 6.98. The van der Waals surface area contributed by atoms with Crippen molar-refractivity contribution >= 4 is 45.0 Å². The molecule has 1 aliphatic carbocycles. The zero-order chi connectivity index (χ0) is 22.3. The molecule has 2 aliphatic rings. The number of amides is 2. The highest BCUT2D eigenvalue weighted by Gasteiger charge is 2.48. The molecule has 0 radical (unpaired) electrons. The van der Waals surface area contributed by atoms with E-state index in [1.54, 1.807) is 16.2 Å². The lowest BCUT2D eigenvalue weighted by molar-refractivity contribution is -0.134. The van der Waals surface area contributed by atoms with E-state index in [0.29, 0.717) is 23.8 Å². The number of hydrogen-bond acceptors (Lipinski definition) is 3. The summed E-state index contributed by atoms with van der Waals surface area (Å²) in [5.41, 5.74) is 1.65. The molecule has 1 N–H and O–H groups in total. The quantitative estimate of drug-likeness (QED) is 0.505. The number of nitrogens with one attached hydrogen (secondary N) is 1. The Labute approximate surface area is 197 Å². The van der Waals surface area contributed by atoms with Gasteiger partial charge in [-0.05, 0) is 55.0 Å². The van der Waals surface area contributed by atoms with Crippen molar-refractivity contribution in [3.05, 3.63) is 58.1 Å². The molecule has 1 atom stereocenters. The van der Waals surface area contributed by atoms with Gasteiger partial charge in [-0.3, -0.25) is 9.59 Å². The van der Waals surface area contributed by atoms with Gasteiger partial charge in [0.2, 0.25) is 5.91 Å². The number of carbonyl (C=O) groups excluding carboxylic acids is 2. The second-order valence-electron chi connectivity index (χ2n) is 9.24. The Kier molecular flexibility index (Phi) is 5.76. The molecule has 2 amide bonds. The first-order valence-electron chi connectivity index (χ1n) is 11.4. The van der Waals surface area contributed by atoms with Crippen molar-refractivity contribution in [1.82, 2.24) is 14.8 Å². The van der Waals surface area contributed by atoms with E-state index in [1.807, 2.05) is 53.3 Å². The zero-order valence-electron chi connectivity index (χ0n) is 18.3. The molecule has 3 heterocycles. The van der Waals surface area contributed by atoms with Gasteiger partial charge in [-0.15, -0.1) is 11.3 Å². The van der Waals surface area contributed by atoms with Crippen LogP contribution in [-0.4, -0.2) is 32.9 Å². The number of carbonyl (C=O) groups is 2. The fourth-order valence-corrected chi connectivity index (χ4v) is 6.01. The van der Waals surface area contributed by atoms with E-state index in [9.17, 15) is 9.59 Å². The Morgan fingerprint density at radius 2 is 1.88 bits per heavy atom. The number of thiophene rings is 1. The lowest BCUT2D eigenvalue weighted by Crippen LogP contribution is -2.64. The van der Waals surface area contributed by atoms with Gasteiger partial charge in [0.15, 0.2) is 0 Å². The van der Waals surface area contributed by atoms with Crippen LogP contribution < -0.4 is 5.32 Å². The van der Waals surface area contributed by atoms with Gasteiger partial charge < -0.3 is 14.8 Å². The smallest absolute Gasteiger partial charge is 0.271 e. The number of rotatable bonds is 4. The van der Waals surface area contributed by atoms with E-state index >= 15 is 0 Å². The monoisotopic (exact) mass is 469 g/mol. The summed E-state index contributed by atoms with van der Waals surface area (Å²) in [7, 11) is 0. The Balaban J connectivity index is 1.51. The molecule has 0 saturated heterocycles. The van der Waals surface area contributed by atoms with Crippen LogP contribution in [0.1, 0.15) is 61.5 Å². The molecule has 2 aromatic heterocycles. The fraction of sp³-hybridized carbons (Fsp3) is 0.440. The molecular weight excluding hydrogens is 442 g/mol. The predicted molar refractivity (Wildman–Crippen MR) is 129 cm³/mol. The minimum Gasteiger partial charge on any atom is -0.351 e. The highest BCUT2D eigenvalue weighted by Crippen LogP contribution is 2.35. The second-order valence-corrected chi connectivity index (χ2v) is 10.6. The van der Waals surface area contributed by atoms with Gasteiger partial charge in [-0.25, -0.2) is 0 Å². The number of benzene rings is 1. The summed E-state index contributed by atoms with van der Waals surface area (Å²) in [6, 6.07) is 11.7. The maximum Gasteiger partial charge on any atom is 0.271 e. The van der Waals surface area contributed by atoms with Crippen molar-refractivity contribution in [1.29, 1.82) is 0 Å². The Morgan fingerprint density at radius 3 is 2.59 bits per heavy atom. The van der Waals surface area contributed by atoms with Gasteiger partial charge in [0, 0.05) is 17.6 Å². The largest absolute Gasteiger partial charge is 0.351 e. The molecule has 5 nitrogen and oxygen atoms in total. The van der Waals surface area contributed by atoms with Gasteiger partial charge in [-0.2, -0.15) is 0 Å². The number of fused-ring (bicyclic) bond motifs is 3. The van der Waals surface area contributed by atoms with Crippen LogP contribution in [0, 0.1) is 0 Å². The molecule has 5 rings (SSSR count). The van der Waals surface area contributed by atoms with Crippen LogP contribution in [0.2, 0.25) is 5.02 Å². The van der Waals surface area contributed by atoms with Crippen LogP contribution in [0.15, 0.2) is 41.8 Å². The maximum atomic E-state index is 13.8. The molecule has 32 heavy (non-hydrogen) atoms. The summed E-state index contributed by atoms with van der Waals surface area (Å²) >= 11 is 7.69. The second kappa shape index (κ2) is 8.56. The maximum absolute atomic E-state index is 13.8. The van der Waals surface area contributed by atoms with Gasteiger partial charge in [0.25, 0.3) is 5.91 Å². The third kappa shape index (κ3) is 3.84. The van der Waals surface area contributed by atoms with Crippen molar-refractivity contribution in [2.24, 2.45) is 0 Å². The van der Waals surface area contributed by atoms with E-state index in [0.717, 1.165) is 41.5 Å². The predicted octanol–water partition coefficient (Wildman–Crippen LogP) is 5.61. The van der Waals surface area contributed by atoms with E-state index < -0.39 is 5.54 Å². The van der Waals surface area contributed by atoms with Gasteiger partial charge in [0.1, 0.15) is 11.2 Å². The minimum absolute atomic E-state index is 0.0607. The Bertz CT molecular complexity index is 1140. The van der Waals surface area contributed by atoms with E-state index in [4.69, 9.17) is 11.6 Å². The summed E-state index contributed by atoms with van der Waals surface area (Å²) in [4.78, 5) is 29.2. The summed E-state index contributed by atoms with van der Waals surface area (Å²) < 4.78 is 3.10. The van der Waals surface area contributed by atoms with Crippen LogP contribution in [0.3, 0.4) is 0 Å². The minimum atomic E-state index is -0.982. The standard InChI is InChI=1S/C25H28ClN3O2S/c1-25(24(31)27-19-6-4-2-3-5-7-19)16-28-20-12-13-32-22(20)14-21(28)23(30)29(25)15-17-8-10-18(26)11-9-17/h8-14,19H,2-7,15-16H2,1H3,(H,27,31)/t25-/m0/s1. The topological polar surface area (TPSA) is 54.3 Å². The van der Waals surface area contributed by atoms with E-state index in [2.05, 4.69) is 5.32 Å². The normalized spacial score (nSPS) is 22.1. The van der Waals surface area contributed by atoms with Crippen LogP contribution >= 0.6 is 22.9 Å². The first kappa shape index (κ1) is 21.5. The Hall–Kier alpha value is -2.31. The van der Waals surface area contributed by atoms with Crippen molar-refractivity contribution in [2.75, 3.05) is 0 Å². The first-order chi connectivity index (χ1) is 15.5.